The molecule has 3 N–H and O–H groups in total. The van der Waals surface area contributed by atoms with Gasteiger partial charge >= 0.3 is 0 Å². The van der Waals surface area contributed by atoms with Crippen molar-refractivity contribution in [3.63, 3.8) is 0 Å². The van der Waals surface area contributed by atoms with E-state index in [9.17, 15) is 0 Å². The van der Waals surface area contributed by atoms with Crippen LogP contribution >= 0.6 is 0 Å². The van der Waals surface area contributed by atoms with Gasteiger partial charge in [0.05, 0.1) is 12.4 Å². The molecule has 0 saturated carbocycles. The number of hydrogen-bond donors (Lipinski definition) is 2. The number of benzene rings is 1. The van der Waals surface area contributed by atoms with Crippen LogP contribution < -0.4 is 11.1 Å². The lowest BCUT2D eigenvalue weighted by Gasteiger charge is -2.15. The fraction of sp³-hybridized carbons (Fsp3) is 0.500. The molecular formula is C14H21N3. The van der Waals surface area contributed by atoms with Crippen molar-refractivity contribution in [3.8, 4) is 0 Å². The molecule has 92 valence electrons. The van der Waals surface area contributed by atoms with Gasteiger partial charge in [0.2, 0.25) is 0 Å². The molecule has 0 fully saturated rings. The number of aliphatic imine (C=N–C) groups is 1. The summed E-state index contributed by atoms with van der Waals surface area (Å²) in [6.45, 7) is 8.27. The van der Waals surface area contributed by atoms with Crippen LogP contribution in [-0.4, -0.2) is 18.9 Å². The van der Waals surface area contributed by atoms with Crippen LogP contribution in [0.15, 0.2) is 17.1 Å². The van der Waals surface area contributed by atoms with Gasteiger partial charge < -0.3 is 11.1 Å². The highest BCUT2D eigenvalue weighted by Crippen LogP contribution is 2.22. The standard InChI is InChI=1S/C14H21N3/c1-9-6-10(2)13(15)12(7-9)8-11(3)14-16-4-5-17-14/h6-7,11H,4-5,8,15H2,1-3H3,(H,16,17). The Labute approximate surface area is 103 Å². The van der Waals surface area contributed by atoms with E-state index < -0.39 is 0 Å². The summed E-state index contributed by atoms with van der Waals surface area (Å²) in [4.78, 5) is 4.47. The molecule has 1 aliphatic rings. The maximum atomic E-state index is 6.14. The molecule has 2 rings (SSSR count). The van der Waals surface area contributed by atoms with Gasteiger partial charge in [0.15, 0.2) is 0 Å². The Bertz CT molecular complexity index is 449. The zero-order valence-corrected chi connectivity index (χ0v) is 10.9. The quantitative estimate of drug-likeness (QED) is 0.782. The van der Waals surface area contributed by atoms with E-state index >= 15 is 0 Å². The molecule has 1 atom stereocenters. The van der Waals surface area contributed by atoms with Crippen LogP contribution in [0.25, 0.3) is 0 Å². The zero-order chi connectivity index (χ0) is 12.4. The molecule has 0 spiro atoms. The molecule has 1 aromatic rings. The predicted molar refractivity (Wildman–Crippen MR) is 73.5 cm³/mol. The number of nitrogens with zero attached hydrogens (tertiary/aromatic N) is 1. The van der Waals surface area contributed by atoms with Crippen molar-refractivity contribution < 1.29 is 0 Å². The summed E-state index contributed by atoms with van der Waals surface area (Å²) < 4.78 is 0. The maximum Gasteiger partial charge on any atom is 0.0996 e. The van der Waals surface area contributed by atoms with E-state index in [2.05, 4.69) is 43.2 Å². The van der Waals surface area contributed by atoms with Crippen molar-refractivity contribution in [2.75, 3.05) is 18.8 Å². The van der Waals surface area contributed by atoms with Gasteiger partial charge in [-0.25, -0.2) is 0 Å². The Morgan fingerprint density at radius 2 is 2.18 bits per heavy atom. The van der Waals surface area contributed by atoms with Crippen LogP contribution in [0, 0.1) is 19.8 Å². The number of amidine groups is 1. The molecule has 1 aromatic carbocycles. The van der Waals surface area contributed by atoms with Gasteiger partial charge in [-0.3, -0.25) is 4.99 Å². The third-order valence-electron chi connectivity index (χ3n) is 3.31. The van der Waals surface area contributed by atoms with Crippen LogP contribution in [0.4, 0.5) is 5.69 Å². The van der Waals surface area contributed by atoms with Gasteiger partial charge in [-0.2, -0.15) is 0 Å². The lowest BCUT2D eigenvalue weighted by atomic mass is 9.95. The number of nitrogens with one attached hydrogen (secondary N) is 1. The zero-order valence-electron chi connectivity index (χ0n) is 10.9. The first-order valence-electron chi connectivity index (χ1n) is 6.21. The van der Waals surface area contributed by atoms with E-state index in [1.807, 2.05) is 0 Å². The first kappa shape index (κ1) is 12.0. The number of nitrogen functional groups attached to an aromatic ring is 1. The molecule has 0 radical (unpaired) electrons. The fourth-order valence-corrected chi connectivity index (χ4v) is 2.41. The minimum Gasteiger partial charge on any atom is -0.398 e. The number of rotatable bonds is 3. The second-order valence-corrected chi connectivity index (χ2v) is 4.95. The number of nitrogens with two attached hydrogens (primary N) is 1. The minimum absolute atomic E-state index is 0.418. The summed E-state index contributed by atoms with van der Waals surface area (Å²) in [5.74, 6) is 1.55. The lowest BCUT2D eigenvalue weighted by molar-refractivity contribution is 0.743. The van der Waals surface area contributed by atoms with Crippen molar-refractivity contribution in [2.24, 2.45) is 10.9 Å². The summed E-state index contributed by atoms with van der Waals surface area (Å²) in [6.07, 6.45) is 0.959. The highest BCUT2D eigenvalue weighted by molar-refractivity contribution is 5.86. The first-order valence-corrected chi connectivity index (χ1v) is 6.21. The normalized spacial score (nSPS) is 16.5. The van der Waals surface area contributed by atoms with Crippen LogP contribution in [0.2, 0.25) is 0 Å². The van der Waals surface area contributed by atoms with Crippen molar-refractivity contribution in [1.82, 2.24) is 5.32 Å². The molecule has 3 heteroatoms. The Kier molecular flexibility index (Phi) is 3.36. The van der Waals surface area contributed by atoms with E-state index in [1.165, 1.54) is 16.7 Å². The second kappa shape index (κ2) is 4.78. The third-order valence-corrected chi connectivity index (χ3v) is 3.31. The van der Waals surface area contributed by atoms with Gasteiger partial charge in [0.25, 0.3) is 0 Å². The van der Waals surface area contributed by atoms with Gasteiger partial charge in [0, 0.05) is 18.2 Å². The maximum absolute atomic E-state index is 6.14. The van der Waals surface area contributed by atoms with Crippen LogP contribution in [-0.2, 0) is 6.42 Å². The van der Waals surface area contributed by atoms with Crippen molar-refractivity contribution >= 4 is 11.5 Å². The van der Waals surface area contributed by atoms with E-state index in [0.29, 0.717) is 5.92 Å². The molecule has 3 nitrogen and oxygen atoms in total. The molecule has 1 aliphatic heterocycles. The van der Waals surface area contributed by atoms with E-state index in [4.69, 9.17) is 5.73 Å². The molecule has 1 heterocycles. The molecule has 0 saturated heterocycles. The highest BCUT2D eigenvalue weighted by atomic mass is 15.1. The SMILES string of the molecule is Cc1cc(C)c(N)c(CC(C)C2=NCCN2)c1. The van der Waals surface area contributed by atoms with Gasteiger partial charge in [-0.1, -0.05) is 24.6 Å². The van der Waals surface area contributed by atoms with Crippen LogP contribution in [0.5, 0.6) is 0 Å². The predicted octanol–water partition coefficient (Wildman–Crippen LogP) is 2.07. The summed E-state index contributed by atoms with van der Waals surface area (Å²) in [5, 5.41) is 3.33. The molecular weight excluding hydrogens is 210 g/mol. The van der Waals surface area contributed by atoms with Crippen LogP contribution in [0.1, 0.15) is 23.6 Å². The summed E-state index contributed by atoms with van der Waals surface area (Å²) >= 11 is 0. The largest absolute Gasteiger partial charge is 0.398 e. The number of anilines is 1. The summed E-state index contributed by atoms with van der Waals surface area (Å²) in [5.41, 5.74) is 10.8. The second-order valence-electron chi connectivity index (χ2n) is 4.95. The van der Waals surface area contributed by atoms with Crippen molar-refractivity contribution in [3.05, 3.63) is 28.8 Å². The Hall–Kier alpha value is -1.51. The smallest absolute Gasteiger partial charge is 0.0996 e. The minimum atomic E-state index is 0.418. The average Bonchev–Trinajstić information content (AvgIpc) is 2.78. The summed E-state index contributed by atoms with van der Waals surface area (Å²) in [6, 6.07) is 4.32. The molecule has 0 aliphatic carbocycles. The average molecular weight is 231 g/mol. The summed E-state index contributed by atoms with van der Waals surface area (Å²) in [7, 11) is 0. The van der Waals surface area contributed by atoms with E-state index in [-0.39, 0.29) is 0 Å². The lowest BCUT2D eigenvalue weighted by Crippen LogP contribution is -2.26. The number of hydrogen-bond acceptors (Lipinski definition) is 3. The van der Waals surface area contributed by atoms with Crippen molar-refractivity contribution in [2.45, 2.75) is 27.2 Å². The molecule has 17 heavy (non-hydrogen) atoms. The Morgan fingerprint density at radius 3 is 2.82 bits per heavy atom. The molecule has 0 bridgehead atoms. The monoisotopic (exact) mass is 231 g/mol. The fourth-order valence-electron chi connectivity index (χ4n) is 2.41. The van der Waals surface area contributed by atoms with Crippen LogP contribution in [0.3, 0.4) is 0 Å². The Morgan fingerprint density at radius 1 is 1.41 bits per heavy atom. The van der Waals surface area contributed by atoms with Gasteiger partial charge in [-0.05, 0) is 31.4 Å². The molecule has 0 amide bonds. The molecule has 1 unspecified atom stereocenters. The Balaban J connectivity index is 2.18. The van der Waals surface area contributed by atoms with Crippen molar-refractivity contribution in [1.29, 1.82) is 0 Å². The number of aryl methyl sites for hydroxylation is 2. The third kappa shape index (κ3) is 2.60. The van der Waals surface area contributed by atoms with E-state index in [0.717, 1.165) is 31.0 Å². The molecule has 0 aromatic heterocycles. The van der Waals surface area contributed by atoms with Gasteiger partial charge in [0.1, 0.15) is 0 Å². The van der Waals surface area contributed by atoms with Gasteiger partial charge in [-0.15, -0.1) is 0 Å². The topological polar surface area (TPSA) is 50.4 Å². The highest BCUT2D eigenvalue weighted by Gasteiger charge is 2.16. The van der Waals surface area contributed by atoms with E-state index in [1.54, 1.807) is 0 Å². The first-order chi connectivity index (χ1) is 8.08.